The van der Waals surface area contributed by atoms with Crippen molar-refractivity contribution in [2.24, 2.45) is 5.92 Å². The first kappa shape index (κ1) is 18.0. The Kier molecular flexibility index (Phi) is 5.27. The van der Waals surface area contributed by atoms with Crippen molar-refractivity contribution in [2.75, 3.05) is 6.54 Å². The molecular weight excluding hydrogens is 330 g/mol. The number of hydrogen-bond donors (Lipinski definition) is 1. The summed E-state index contributed by atoms with van der Waals surface area (Å²) in [6, 6.07) is 7.29. The summed E-state index contributed by atoms with van der Waals surface area (Å²) in [5.74, 6) is 0.368. The molecule has 1 unspecified atom stereocenters. The molecule has 0 saturated carbocycles. The van der Waals surface area contributed by atoms with Gasteiger partial charge in [-0.1, -0.05) is 13.8 Å². The topological polar surface area (TPSA) is 83.6 Å². The van der Waals surface area contributed by atoms with E-state index in [9.17, 15) is 9.90 Å². The van der Waals surface area contributed by atoms with Gasteiger partial charge in [0.2, 0.25) is 0 Å². The number of hydrogen-bond acceptors (Lipinski definition) is 5. The third-order valence-corrected chi connectivity index (χ3v) is 4.36. The standard InChI is InChI=1S/C19H23N5O2/c1-4-23(11-14-7-9-20-10-8-14)19(26)15-5-6-16-21-22-18(24(16)12-15)17(25)13(2)3/h5-10,12-13,17,25H,4,11H2,1-3H3. The number of fused-ring (bicyclic) bond motifs is 1. The molecule has 1 atom stereocenters. The highest BCUT2D eigenvalue weighted by atomic mass is 16.3. The highest BCUT2D eigenvalue weighted by Gasteiger charge is 2.21. The molecule has 0 fully saturated rings. The Bertz CT molecular complexity index is 891. The maximum absolute atomic E-state index is 13.0. The summed E-state index contributed by atoms with van der Waals surface area (Å²) in [6.45, 7) is 6.87. The zero-order valence-corrected chi connectivity index (χ0v) is 15.2. The van der Waals surface area contributed by atoms with Crippen molar-refractivity contribution in [2.45, 2.75) is 33.4 Å². The normalized spacial score (nSPS) is 12.5. The smallest absolute Gasteiger partial charge is 0.255 e. The van der Waals surface area contributed by atoms with Gasteiger partial charge in [0.1, 0.15) is 6.10 Å². The van der Waals surface area contributed by atoms with Crippen LogP contribution in [0.25, 0.3) is 5.65 Å². The lowest BCUT2D eigenvalue weighted by Gasteiger charge is -2.21. The fourth-order valence-corrected chi connectivity index (χ4v) is 2.75. The molecule has 0 spiro atoms. The van der Waals surface area contributed by atoms with Crippen LogP contribution in [0.2, 0.25) is 0 Å². The fraction of sp³-hybridized carbons (Fsp3) is 0.368. The van der Waals surface area contributed by atoms with Gasteiger partial charge in [0.25, 0.3) is 5.91 Å². The quantitative estimate of drug-likeness (QED) is 0.736. The van der Waals surface area contributed by atoms with Gasteiger partial charge < -0.3 is 10.0 Å². The lowest BCUT2D eigenvalue weighted by molar-refractivity contribution is 0.0751. The summed E-state index contributed by atoms with van der Waals surface area (Å²) >= 11 is 0. The van der Waals surface area contributed by atoms with Crippen molar-refractivity contribution >= 4 is 11.6 Å². The highest BCUT2D eigenvalue weighted by Crippen LogP contribution is 2.21. The highest BCUT2D eigenvalue weighted by molar-refractivity contribution is 5.94. The molecule has 1 N–H and O–H groups in total. The van der Waals surface area contributed by atoms with Gasteiger partial charge in [-0.05, 0) is 42.7 Å². The molecule has 3 heterocycles. The van der Waals surface area contributed by atoms with Crippen LogP contribution in [0.4, 0.5) is 0 Å². The van der Waals surface area contributed by atoms with Crippen LogP contribution in [0.1, 0.15) is 48.6 Å². The Balaban J connectivity index is 1.90. The Hall–Kier alpha value is -2.80. The predicted octanol–water partition coefficient (Wildman–Crippen LogP) is 2.48. The molecule has 0 aliphatic carbocycles. The maximum Gasteiger partial charge on any atom is 0.255 e. The number of aliphatic hydroxyl groups is 1. The first-order valence-electron chi connectivity index (χ1n) is 8.72. The molecule has 1 amide bonds. The minimum atomic E-state index is -0.741. The van der Waals surface area contributed by atoms with Crippen molar-refractivity contribution in [3.63, 3.8) is 0 Å². The van der Waals surface area contributed by atoms with E-state index in [1.807, 2.05) is 32.9 Å². The summed E-state index contributed by atoms with van der Waals surface area (Å²) in [5, 5.41) is 18.5. The second-order valence-corrected chi connectivity index (χ2v) is 6.57. The van der Waals surface area contributed by atoms with Crippen molar-refractivity contribution in [3.05, 3.63) is 59.8 Å². The summed E-state index contributed by atoms with van der Waals surface area (Å²) < 4.78 is 1.69. The van der Waals surface area contributed by atoms with E-state index in [1.54, 1.807) is 40.0 Å². The van der Waals surface area contributed by atoms with Crippen LogP contribution in [0.15, 0.2) is 42.9 Å². The van der Waals surface area contributed by atoms with Gasteiger partial charge >= 0.3 is 0 Å². The lowest BCUT2D eigenvalue weighted by atomic mass is 10.1. The molecule has 3 aromatic rings. The average molecular weight is 353 g/mol. The number of carbonyl (C=O) groups excluding carboxylic acids is 1. The van der Waals surface area contributed by atoms with E-state index in [0.29, 0.717) is 30.1 Å². The van der Waals surface area contributed by atoms with Crippen molar-refractivity contribution in [1.29, 1.82) is 0 Å². The van der Waals surface area contributed by atoms with Crippen LogP contribution in [-0.2, 0) is 6.54 Å². The number of aliphatic hydroxyl groups excluding tert-OH is 1. The molecule has 3 aromatic heterocycles. The van der Waals surface area contributed by atoms with Gasteiger partial charge in [-0.25, -0.2) is 0 Å². The SMILES string of the molecule is CCN(Cc1ccncc1)C(=O)c1ccc2nnc(C(O)C(C)C)n2c1. The summed E-state index contributed by atoms with van der Waals surface area (Å²) in [4.78, 5) is 18.7. The average Bonchev–Trinajstić information content (AvgIpc) is 3.08. The first-order chi connectivity index (χ1) is 12.5. The molecule has 26 heavy (non-hydrogen) atoms. The van der Waals surface area contributed by atoms with E-state index in [0.717, 1.165) is 5.56 Å². The molecule has 0 aliphatic rings. The third-order valence-electron chi connectivity index (χ3n) is 4.36. The van der Waals surface area contributed by atoms with Gasteiger partial charge in [-0.3, -0.25) is 14.2 Å². The van der Waals surface area contributed by atoms with E-state index < -0.39 is 6.10 Å². The van der Waals surface area contributed by atoms with Crippen LogP contribution in [0, 0.1) is 5.92 Å². The zero-order chi connectivity index (χ0) is 18.7. The van der Waals surface area contributed by atoms with E-state index in [2.05, 4.69) is 15.2 Å². The van der Waals surface area contributed by atoms with Gasteiger partial charge in [0.05, 0.1) is 5.56 Å². The zero-order valence-electron chi connectivity index (χ0n) is 15.2. The van der Waals surface area contributed by atoms with Crippen molar-refractivity contribution in [1.82, 2.24) is 24.5 Å². The molecule has 3 rings (SSSR count). The van der Waals surface area contributed by atoms with Crippen LogP contribution in [0.5, 0.6) is 0 Å². The van der Waals surface area contributed by atoms with E-state index >= 15 is 0 Å². The van der Waals surface area contributed by atoms with Gasteiger partial charge in [-0.15, -0.1) is 10.2 Å². The maximum atomic E-state index is 13.0. The van der Waals surface area contributed by atoms with Gasteiger partial charge in [-0.2, -0.15) is 0 Å². The summed E-state index contributed by atoms with van der Waals surface area (Å²) in [7, 11) is 0. The molecule has 7 nitrogen and oxygen atoms in total. The molecule has 0 saturated heterocycles. The number of carbonyl (C=O) groups is 1. The molecule has 0 aromatic carbocycles. The van der Waals surface area contributed by atoms with Gasteiger partial charge in [0, 0.05) is 31.7 Å². The summed E-state index contributed by atoms with van der Waals surface area (Å²) in [6.07, 6.45) is 4.40. The van der Waals surface area contributed by atoms with Crippen molar-refractivity contribution in [3.8, 4) is 0 Å². The molecule has 7 heteroatoms. The minimum absolute atomic E-state index is 0.000544. The number of pyridine rings is 2. The second-order valence-electron chi connectivity index (χ2n) is 6.57. The molecular formula is C19H23N5O2. The Morgan fingerprint density at radius 3 is 2.58 bits per heavy atom. The third kappa shape index (κ3) is 3.57. The fourth-order valence-electron chi connectivity index (χ4n) is 2.75. The number of rotatable bonds is 6. The first-order valence-corrected chi connectivity index (χ1v) is 8.72. The number of nitrogens with zero attached hydrogens (tertiary/aromatic N) is 5. The van der Waals surface area contributed by atoms with Crippen LogP contribution >= 0.6 is 0 Å². The number of amides is 1. The van der Waals surface area contributed by atoms with Crippen molar-refractivity contribution < 1.29 is 9.90 Å². The largest absolute Gasteiger partial charge is 0.385 e. The Morgan fingerprint density at radius 2 is 1.92 bits per heavy atom. The second kappa shape index (κ2) is 7.61. The molecule has 0 bridgehead atoms. The molecule has 0 aliphatic heterocycles. The van der Waals surface area contributed by atoms with E-state index in [-0.39, 0.29) is 11.8 Å². The van der Waals surface area contributed by atoms with Crippen LogP contribution in [-0.4, -0.2) is 42.0 Å². The van der Waals surface area contributed by atoms with Gasteiger partial charge in [0.15, 0.2) is 11.5 Å². The van der Waals surface area contributed by atoms with E-state index in [4.69, 9.17) is 0 Å². The Morgan fingerprint density at radius 1 is 1.19 bits per heavy atom. The van der Waals surface area contributed by atoms with Crippen LogP contribution in [0.3, 0.4) is 0 Å². The number of aromatic nitrogens is 4. The minimum Gasteiger partial charge on any atom is -0.385 e. The Labute approximate surface area is 152 Å². The lowest BCUT2D eigenvalue weighted by Crippen LogP contribution is -2.30. The predicted molar refractivity (Wildman–Crippen MR) is 97.4 cm³/mol. The van der Waals surface area contributed by atoms with Crippen LogP contribution < -0.4 is 0 Å². The summed E-state index contributed by atoms with van der Waals surface area (Å²) in [5.41, 5.74) is 2.16. The van der Waals surface area contributed by atoms with E-state index in [1.165, 1.54) is 0 Å². The molecule has 136 valence electrons. The monoisotopic (exact) mass is 353 g/mol. The molecule has 0 radical (unpaired) electrons.